The molecule has 0 atom stereocenters. The van der Waals surface area contributed by atoms with Crippen molar-refractivity contribution < 1.29 is 0 Å². The second-order valence-corrected chi connectivity index (χ2v) is 7.34. The highest BCUT2D eigenvalue weighted by atomic mass is 15.3. The summed E-state index contributed by atoms with van der Waals surface area (Å²) >= 11 is 0. The number of benzene rings is 1. The lowest BCUT2D eigenvalue weighted by Crippen LogP contribution is -2.47. The van der Waals surface area contributed by atoms with Crippen LogP contribution in [0.3, 0.4) is 0 Å². The summed E-state index contributed by atoms with van der Waals surface area (Å²) in [7, 11) is 0. The molecule has 5 nitrogen and oxygen atoms in total. The summed E-state index contributed by atoms with van der Waals surface area (Å²) < 4.78 is 0. The third-order valence-corrected chi connectivity index (χ3v) is 5.12. The molecule has 1 aliphatic heterocycles. The zero-order valence-electron chi connectivity index (χ0n) is 15.0. The Labute approximate surface area is 150 Å². The van der Waals surface area contributed by atoms with Crippen LogP contribution in [0.15, 0.2) is 36.7 Å². The first-order valence-electron chi connectivity index (χ1n) is 9.35. The second-order valence-electron chi connectivity index (χ2n) is 7.34. The largest absolute Gasteiger partial charge is 0.369 e. The average molecular weight is 337 g/mol. The highest BCUT2D eigenvalue weighted by molar-refractivity contribution is 5.48. The molecule has 2 aromatic rings. The number of hydrogen-bond acceptors (Lipinski definition) is 5. The molecule has 0 unspecified atom stereocenters. The normalized spacial score (nSPS) is 18.4. The molecule has 2 fully saturated rings. The lowest BCUT2D eigenvalue weighted by Gasteiger charge is -2.36. The van der Waals surface area contributed by atoms with Gasteiger partial charge in [0.15, 0.2) is 0 Å². The lowest BCUT2D eigenvalue weighted by atomic mass is 10.1. The van der Waals surface area contributed by atoms with E-state index in [-0.39, 0.29) is 0 Å². The molecule has 0 bridgehead atoms. The lowest BCUT2D eigenvalue weighted by molar-refractivity contribution is 0.248. The zero-order chi connectivity index (χ0) is 17.1. The Bertz CT molecular complexity index is 670. The predicted octanol–water partition coefficient (Wildman–Crippen LogP) is 2.93. The maximum Gasteiger partial charge on any atom is 0.222 e. The highest BCUT2D eigenvalue weighted by Crippen LogP contribution is 2.30. The predicted molar refractivity (Wildman–Crippen MR) is 102 cm³/mol. The van der Waals surface area contributed by atoms with Crippen molar-refractivity contribution in [3.63, 3.8) is 0 Å². The van der Waals surface area contributed by atoms with Crippen LogP contribution in [0.2, 0.25) is 0 Å². The smallest absolute Gasteiger partial charge is 0.222 e. The Morgan fingerprint density at radius 3 is 2.32 bits per heavy atom. The van der Waals surface area contributed by atoms with Gasteiger partial charge in [-0.2, -0.15) is 0 Å². The standard InChI is InChI=1S/C20H27N5/c1-16-12-21-20(22-13-16)23-14-17-4-6-19(7-5-17)25-10-8-24(9-11-25)15-18-2-3-18/h4-7,12-13,18H,2-3,8-11,14-15H2,1H3,(H,21,22,23). The minimum atomic E-state index is 0.682. The Balaban J connectivity index is 1.27. The summed E-state index contributed by atoms with van der Waals surface area (Å²) in [5.74, 6) is 1.68. The van der Waals surface area contributed by atoms with Crippen LogP contribution in [-0.2, 0) is 6.54 Å². The van der Waals surface area contributed by atoms with E-state index in [9.17, 15) is 0 Å². The third-order valence-electron chi connectivity index (χ3n) is 5.12. The average Bonchev–Trinajstić information content (AvgIpc) is 3.46. The number of aryl methyl sites for hydroxylation is 1. The second kappa shape index (κ2) is 7.40. The first-order chi connectivity index (χ1) is 12.3. The molecule has 132 valence electrons. The minimum absolute atomic E-state index is 0.682. The third kappa shape index (κ3) is 4.48. The maximum absolute atomic E-state index is 4.28. The van der Waals surface area contributed by atoms with Crippen molar-refractivity contribution in [1.29, 1.82) is 0 Å². The SMILES string of the molecule is Cc1cnc(NCc2ccc(N3CCN(CC4CC4)CC3)cc2)nc1. The van der Waals surface area contributed by atoms with E-state index in [1.54, 1.807) is 0 Å². The molecular formula is C20H27N5. The van der Waals surface area contributed by atoms with E-state index in [1.807, 2.05) is 19.3 Å². The number of aromatic nitrogens is 2. The number of nitrogens with one attached hydrogen (secondary N) is 1. The first kappa shape index (κ1) is 16.3. The summed E-state index contributed by atoms with van der Waals surface area (Å²) in [5.41, 5.74) is 3.66. The van der Waals surface area contributed by atoms with Crippen LogP contribution < -0.4 is 10.2 Å². The summed E-state index contributed by atoms with van der Waals surface area (Å²) in [6.45, 7) is 8.74. The van der Waals surface area contributed by atoms with Gasteiger partial charge in [-0.15, -0.1) is 0 Å². The number of hydrogen-bond donors (Lipinski definition) is 1. The fourth-order valence-corrected chi connectivity index (χ4v) is 3.34. The molecule has 5 heteroatoms. The first-order valence-corrected chi connectivity index (χ1v) is 9.35. The quantitative estimate of drug-likeness (QED) is 0.878. The highest BCUT2D eigenvalue weighted by Gasteiger charge is 2.26. The number of piperazine rings is 1. The van der Waals surface area contributed by atoms with Crippen LogP contribution in [0.25, 0.3) is 0 Å². The Kier molecular flexibility index (Phi) is 4.83. The molecule has 1 saturated heterocycles. The van der Waals surface area contributed by atoms with Crippen LogP contribution in [0.1, 0.15) is 24.0 Å². The summed E-state index contributed by atoms with van der Waals surface area (Å²) in [5, 5.41) is 3.27. The van der Waals surface area contributed by atoms with Crippen LogP contribution in [0.5, 0.6) is 0 Å². The van der Waals surface area contributed by atoms with Gasteiger partial charge in [0.2, 0.25) is 5.95 Å². The van der Waals surface area contributed by atoms with E-state index in [1.165, 1.54) is 43.7 Å². The minimum Gasteiger partial charge on any atom is -0.369 e. The molecule has 1 aromatic carbocycles. The van der Waals surface area contributed by atoms with Gasteiger partial charge in [-0.3, -0.25) is 4.90 Å². The van der Waals surface area contributed by atoms with Crippen molar-refractivity contribution in [3.8, 4) is 0 Å². The Morgan fingerprint density at radius 1 is 1.00 bits per heavy atom. The van der Waals surface area contributed by atoms with Crippen molar-refractivity contribution in [1.82, 2.24) is 14.9 Å². The van der Waals surface area contributed by atoms with Crippen LogP contribution in [0, 0.1) is 12.8 Å². The fraction of sp³-hybridized carbons (Fsp3) is 0.500. The number of rotatable bonds is 6. The van der Waals surface area contributed by atoms with Gasteiger partial charge in [0.1, 0.15) is 0 Å². The van der Waals surface area contributed by atoms with Gasteiger partial charge >= 0.3 is 0 Å². The molecular weight excluding hydrogens is 310 g/mol. The monoisotopic (exact) mass is 337 g/mol. The van der Waals surface area contributed by atoms with Crippen molar-refractivity contribution in [2.75, 3.05) is 42.9 Å². The van der Waals surface area contributed by atoms with Crippen LogP contribution in [-0.4, -0.2) is 47.6 Å². The van der Waals surface area contributed by atoms with E-state index < -0.39 is 0 Å². The molecule has 1 aliphatic carbocycles. The molecule has 0 spiro atoms. The number of nitrogens with zero attached hydrogens (tertiary/aromatic N) is 4. The zero-order valence-corrected chi connectivity index (χ0v) is 15.0. The van der Waals surface area contributed by atoms with E-state index >= 15 is 0 Å². The van der Waals surface area contributed by atoms with Crippen molar-refractivity contribution in [3.05, 3.63) is 47.8 Å². The van der Waals surface area contributed by atoms with Crippen molar-refractivity contribution in [2.24, 2.45) is 5.92 Å². The van der Waals surface area contributed by atoms with Gasteiger partial charge in [0.05, 0.1) is 0 Å². The van der Waals surface area contributed by atoms with Gasteiger partial charge in [0, 0.05) is 57.3 Å². The maximum atomic E-state index is 4.28. The van der Waals surface area contributed by atoms with Crippen molar-refractivity contribution in [2.45, 2.75) is 26.3 Å². The molecule has 1 saturated carbocycles. The molecule has 1 N–H and O–H groups in total. The summed E-state index contributed by atoms with van der Waals surface area (Å²) in [4.78, 5) is 13.7. The van der Waals surface area contributed by atoms with Gasteiger partial charge in [-0.05, 0) is 48.9 Å². The molecule has 2 aliphatic rings. The Morgan fingerprint density at radius 2 is 1.68 bits per heavy atom. The van der Waals surface area contributed by atoms with Gasteiger partial charge < -0.3 is 10.2 Å². The molecule has 0 radical (unpaired) electrons. The van der Waals surface area contributed by atoms with Gasteiger partial charge in [-0.1, -0.05) is 12.1 Å². The van der Waals surface area contributed by atoms with Gasteiger partial charge in [-0.25, -0.2) is 9.97 Å². The molecule has 2 heterocycles. The summed E-state index contributed by atoms with van der Waals surface area (Å²) in [6.07, 6.45) is 6.56. The molecule has 4 rings (SSSR count). The van der Waals surface area contributed by atoms with Crippen LogP contribution in [0.4, 0.5) is 11.6 Å². The molecule has 1 aromatic heterocycles. The van der Waals surface area contributed by atoms with Crippen LogP contribution >= 0.6 is 0 Å². The van der Waals surface area contributed by atoms with E-state index in [2.05, 4.69) is 49.4 Å². The topological polar surface area (TPSA) is 44.3 Å². The molecule has 25 heavy (non-hydrogen) atoms. The molecule has 0 amide bonds. The van der Waals surface area contributed by atoms with Crippen molar-refractivity contribution >= 4 is 11.6 Å². The number of anilines is 2. The van der Waals surface area contributed by atoms with E-state index in [4.69, 9.17) is 0 Å². The van der Waals surface area contributed by atoms with E-state index in [0.717, 1.165) is 31.1 Å². The summed E-state index contributed by atoms with van der Waals surface area (Å²) in [6, 6.07) is 8.88. The van der Waals surface area contributed by atoms with Gasteiger partial charge in [0.25, 0.3) is 0 Å². The fourth-order valence-electron chi connectivity index (χ4n) is 3.34. The van der Waals surface area contributed by atoms with E-state index in [0.29, 0.717) is 5.95 Å². The Hall–Kier alpha value is -2.14.